The van der Waals surface area contributed by atoms with Crippen LogP contribution in [0.3, 0.4) is 0 Å². The van der Waals surface area contributed by atoms with Crippen LogP contribution in [0.1, 0.15) is 32.1 Å². The van der Waals surface area contributed by atoms with E-state index in [0.29, 0.717) is 5.41 Å². The number of thioether (sulfide) groups is 1. The van der Waals surface area contributed by atoms with E-state index in [9.17, 15) is 0 Å². The number of fused-ring (bicyclic) bond motifs is 1. The molecule has 1 aliphatic rings. The third-order valence-electron chi connectivity index (χ3n) is 3.97. The highest BCUT2D eigenvalue weighted by molar-refractivity contribution is 9.09. The van der Waals surface area contributed by atoms with E-state index < -0.39 is 0 Å². The third kappa shape index (κ3) is 3.00. The molecule has 3 rings (SSSR count). The Morgan fingerprint density at radius 3 is 2.74 bits per heavy atom. The molecule has 0 N–H and O–H groups in total. The Balaban J connectivity index is 1.70. The van der Waals surface area contributed by atoms with Crippen LogP contribution in [-0.4, -0.2) is 16.1 Å². The van der Waals surface area contributed by atoms with E-state index >= 15 is 0 Å². The molecule has 0 unspecified atom stereocenters. The summed E-state index contributed by atoms with van der Waals surface area (Å²) in [5.41, 5.74) is 2.28. The van der Waals surface area contributed by atoms with Gasteiger partial charge in [0.05, 0.1) is 0 Å². The Kier molecular flexibility index (Phi) is 4.18. The number of hydrogen-bond acceptors (Lipinski definition) is 3. The fraction of sp³-hybridized carbons (Fsp3) is 0.533. The standard InChI is InChI=1S/C15H18BrNOS/c16-10-15(8-4-1-5-9-15)11-19-14-17-12-6-2-3-7-13(12)18-14/h2-3,6-7H,1,4-5,8-11H2. The van der Waals surface area contributed by atoms with Crippen molar-refractivity contribution in [3.63, 3.8) is 0 Å². The molecule has 0 atom stereocenters. The summed E-state index contributed by atoms with van der Waals surface area (Å²) in [4.78, 5) is 4.54. The normalized spacial score (nSPS) is 18.8. The van der Waals surface area contributed by atoms with E-state index in [1.807, 2.05) is 24.3 Å². The first kappa shape index (κ1) is 13.5. The molecule has 0 saturated heterocycles. The largest absolute Gasteiger partial charge is 0.431 e. The molecule has 1 aliphatic carbocycles. The monoisotopic (exact) mass is 339 g/mol. The summed E-state index contributed by atoms with van der Waals surface area (Å²) in [7, 11) is 0. The number of benzene rings is 1. The van der Waals surface area contributed by atoms with Crippen molar-refractivity contribution in [2.75, 3.05) is 11.1 Å². The highest BCUT2D eigenvalue weighted by Gasteiger charge is 2.31. The molecular formula is C15H18BrNOS. The van der Waals surface area contributed by atoms with Crippen molar-refractivity contribution >= 4 is 38.8 Å². The van der Waals surface area contributed by atoms with E-state index in [1.54, 1.807) is 11.8 Å². The van der Waals surface area contributed by atoms with Crippen LogP contribution in [0.15, 0.2) is 33.9 Å². The van der Waals surface area contributed by atoms with Crippen molar-refractivity contribution < 1.29 is 4.42 Å². The second-order valence-electron chi connectivity index (χ2n) is 5.43. The minimum absolute atomic E-state index is 0.434. The summed E-state index contributed by atoms with van der Waals surface area (Å²) >= 11 is 5.48. The molecule has 1 saturated carbocycles. The van der Waals surface area contributed by atoms with Crippen molar-refractivity contribution in [2.24, 2.45) is 5.41 Å². The number of aromatic nitrogens is 1. The minimum Gasteiger partial charge on any atom is -0.431 e. The summed E-state index contributed by atoms with van der Waals surface area (Å²) in [6.07, 6.45) is 6.76. The molecule has 0 spiro atoms. The van der Waals surface area contributed by atoms with Gasteiger partial charge in [-0.1, -0.05) is 59.1 Å². The molecule has 0 bridgehead atoms. The highest BCUT2D eigenvalue weighted by atomic mass is 79.9. The van der Waals surface area contributed by atoms with Crippen LogP contribution in [0, 0.1) is 5.41 Å². The van der Waals surface area contributed by atoms with E-state index in [-0.39, 0.29) is 0 Å². The van der Waals surface area contributed by atoms with Crippen LogP contribution in [0.2, 0.25) is 0 Å². The van der Waals surface area contributed by atoms with Gasteiger partial charge in [-0.2, -0.15) is 0 Å². The minimum atomic E-state index is 0.434. The molecule has 19 heavy (non-hydrogen) atoms. The van der Waals surface area contributed by atoms with Gasteiger partial charge in [-0.25, -0.2) is 4.98 Å². The lowest BCUT2D eigenvalue weighted by molar-refractivity contribution is 0.259. The summed E-state index contributed by atoms with van der Waals surface area (Å²) in [6.45, 7) is 0. The van der Waals surface area contributed by atoms with Crippen LogP contribution >= 0.6 is 27.7 Å². The number of rotatable bonds is 4. The van der Waals surface area contributed by atoms with E-state index in [1.165, 1.54) is 32.1 Å². The zero-order chi connectivity index (χ0) is 13.1. The topological polar surface area (TPSA) is 26.0 Å². The predicted molar refractivity (Wildman–Crippen MR) is 84.0 cm³/mol. The van der Waals surface area contributed by atoms with Crippen LogP contribution in [0.5, 0.6) is 0 Å². The maximum absolute atomic E-state index is 5.79. The molecule has 2 nitrogen and oxygen atoms in total. The molecule has 1 aromatic carbocycles. The predicted octanol–water partition coefficient (Wildman–Crippen LogP) is 5.27. The quantitative estimate of drug-likeness (QED) is 0.560. The third-order valence-corrected chi connectivity index (χ3v) is 6.34. The second kappa shape index (κ2) is 5.88. The number of hydrogen-bond donors (Lipinski definition) is 0. The molecule has 0 amide bonds. The maximum Gasteiger partial charge on any atom is 0.256 e. The molecular weight excluding hydrogens is 322 g/mol. The maximum atomic E-state index is 5.79. The zero-order valence-electron chi connectivity index (χ0n) is 10.9. The molecule has 102 valence electrons. The van der Waals surface area contributed by atoms with Gasteiger partial charge in [0.2, 0.25) is 0 Å². The Bertz CT molecular complexity index is 515. The lowest BCUT2D eigenvalue weighted by atomic mass is 9.77. The highest BCUT2D eigenvalue weighted by Crippen LogP contribution is 2.42. The first-order chi connectivity index (χ1) is 9.31. The van der Waals surface area contributed by atoms with Crippen molar-refractivity contribution in [3.8, 4) is 0 Å². The zero-order valence-corrected chi connectivity index (χ0v) is 13.3. The van der Waals surface area contributed by atoms with Crippen LogP contribution < -0.4 is 0 Å². The molecule has 0 aliphatic heterocycles. The Morgan fingerprint density at radius 1 is 1.21 bits per heavy atom. The summed E-state index contributed by atoms with van der Waals surface area (Å²) in [5, 5.41) is 1.90. The first-order valence-electron chi connectivity index (χ1n) is 6.86. The van der Waals surface area contributed by atoms with Gasteiger partial charge in [0.1, 0.15) is 5.52 Å². The van der Waals surface area contributed by atoms with Crippen LogP contribution in [0.25, 0.3) is 11.1 Å². The SMILES string of the molecule is BrCC1(CSc2nc3ccccc3o2)CCCCC1. The van der Waals surface area contributed by atoms with Gasteiger partial charge < -0.3 is 4.42 Å². The van der Waals surface area contributed by atoms with E-state index in [2.05, 4.69) is 20.9 Å². The number of nitrogens with zero attached hydrogens (tertiary/aromatic N) is 1. The lowest BCUT2D eigenvalue weighted by Crippen LogP contribution is -2.28. The fourth-order valence-electron chi connectivity index (χ4n) is 2.75. The van der Waals surface area contributed by atoms with Crippen molar-refractivity contribution in [1.82, 2.24) is 4.98 Å². The summed E-state index contributed by atoms with van der Waals surface area (Å²) in [5.74, 6) is 1.10. The molecule has 2 aromatic rings. The Hall–Kier alpha value is -0.480. The molecule has 1 heterocycles. The van der Waals surface area contributed by atoms with Gasteiger partial charge in [0.15, 0.2) is 5.58 Å². The number of alkyl halides is 1. The van der Waals surface area contributed by atoms with Crippen molar-refractivity contribution in [2.45, 2.75) is 37.3 Å². The first-order valence-corrected chi connectivity index (χ1v) is 8.96. The second-order valence-corrected chi connectivity index (χ2v) is 6.92. The van der Waals surface area contributed by atoms with Crippen molar-refractivity contribution in [1.29, 1.82) is 0 Å². The van der Waals surface area contributed by atoms with Gasteiger partial charge in [-0.05, 0) is 30.4 Å². The fourth-order valence-corrected chi connectivity index (χ4v) is 4.90. The summed E-state index contributed by atoms with van der Waals surface area (Å²) < 4.78 is 5.79. The number of halogens is 1. The van der Waals surface area contributed by atoms with Gasteiger partial charge in [-0.3, -0.25) is 0 Å². The van der Waals surface area contributed by atoms with Crippen LogP contribution in [-0.2, 0) is 0 Å². The Morgan fingerprint density at radius 2 is 2.00 bits per heavy atom. The molecule has 4 heteroatoms. The van der Waals surface area contributed by atoms with E-state index in [0.717, 1.165) is 27.4 Å². The number of oxazole rings is 1. The molecule has 1 fully saturated rings. The van der Waals surface area contributed by atoms with E-state index in [4.69, 9.17) is 4.42 Å². The average molecular weight is 340 g/mol. The molecule has 0 radical (unpaired) electrons. The van der Waals surface area contributed by atoms with Gasteiger partial charge in [-0.15, -0.1) is 0 Å². The Labute approximate surface area is 126 Å². The number of para-hydroxylation sites is 2. The average Bonchev–Trinajstić information content (AvgIpc) is 2.89. The van der Waals surface area contributed by atoms with Crippen LogP contribution in [0.4, 0.5) is 0 Å². The molecule has 1 aromatic heterocycles. The smallest absolute Gasteiger partial charge is 0.256 e. The van der Waals surface area contributed by atoms with Gasteiger partial charge >= 0.3 is 0 Å². The van der Waals surface area contributed by atoms with Crippen molar-refractivity contribution in [3.05, 3.63) is 24.3 Å². The summed E-state index contributed by atoms with van der Waals surface area (Å²) in [6, 6.07) is 7.97. The van der Waals surface area contributed by atoms with Gasteiger partial charge in [0, 0.05) is 11.1 Å². The van der Waals surface area contributed by atoms with Gasteiger partial charge in [0.25, 0.3) is 5.22 Å². The lowest BCUT2D eigenvalue weighted by Gasteiger charge is -2.35.